The Balaban J connectivity index is 2.16. The Morgan fingerprint density at radius 1 is 1.19 bits per heavy atom. The molecule has 0 N–H and O–H groups in total. The molecular weight excluding hydrogens is 196 g/mol. The van der Waals surface area contributed by atoms with E-state index in [2.05, 4.69) is 19.1 Å². The lowest BCUT2D eigenvalue weighted by atomic mass is 10.0. The van der Waals surface area contributed by atoms with E-state index < -0.39 is 0 Å². The Hall–Kier alpha value is -1.63. The molecule has 1 aromatic carbocycles. The molecule has 0 fully saturated rings. The molecule has 0 atom stereocenters. The largest absolute Gasteiger partial charge is 0.289 e. The third kappa shape index (κ3) is 2.13. The molecule has 0 saturated heterocycles. The standard InChI is InChI=1S/C15H16O/c1-2-3-4-5-8-12-11-15(16)14-10-7-6-9-13(12)14/h5-11H,2-4H2,1H3/b8-5+. The van der Waals surface area contributed by atoms with E-state index in [1.807, 2.05) is 24.3 Å². The van der Waals surface area contributed by atoms with Gasteiger partial charge in [-0.25, -0.2) is 0 Å². The first-order valence-corrected chi connectivity index (χ1v) is 5.85. The zero-order valence-corrected chi connectivity index (χ0v) is 9.57. The van der Waals surface area contributed by atoms with Crippen LogP contribution in [0.3, 0.4) is 0 Å². The average molecular weight is 212 g/mol. The molecule has 0 unspecified atom stereocenters. The van der Waals surface area contributed by atoms with Crippen LogP contribution in [-0.2, 0) is 0 Å². The Bertz CT molecular complexity index is 452. The van der Waals surface area contributed by atoms with E-state index in [9.17, 15) is 4.79 Å². The van der Waals surface area contributed by atoms with Gasteiger partial charge in [0.25, 0.3) is 0 Å². The predicted molar refractivity (Wildman–Crippen MR) is 67.4 cm³/mol. The topological polar surface area (TPSA) is 17.1 Å². The molecule has 0 bridgehead atoms. The Morgan fingerprint density at radius 2 is 1.94 bits per heavy atom. The summed E-state index contributed by atoms with van der Waals surface area (Å²) in [7, 11) is 0. The van der Waals surface area contributed by atoms with Crippen molar-refractivity contribution in [1.29, 1.82) is 0 Å². The molecule has 82 valence electrons. The number of fused-ring (bicyclic) bond motifs is 1. The van der Waals surface area contributed by atoms with Crippen molar-refractivity contribution in [2.24, 2.45) is 0 Å². The van der Waals surface area contributed by atoms with Crippen molar-refractivity contribution in [3.63, 3.8) is 0 Å². The van der Waals surface area contributed by atoms with Crippen molar-refractivity contribution < 1.29 is 4.79 Å². The van der Waals surface area contributed by atoms with Crippen LogP contribution >= 0.6 is 0 Å². The van der Waals surface area contributed by atoms with Crippen LogP contribution in [0.25, 0.3) is 5.57 Å². The summed E-state index contributed by atoms with van der Waals surface area (Å²) >= 11 is 0. The minimum Gasteiger partial charge on any atom is -0.289 e. The normalized spacial score (nSPS) is 14.3. The van der Waals surface area contributed by atoms with Gasteiger partial charge in [0.05, 0.1) is 0 Å². The number of carbonyl (C=O) groups excluding carboxylic acids is 1. The Morgan fingerprint density at radius 3 is 2.69 bits per heavy atom. The maximum Gasteiger partial charge on any atom is 0.187 e. The molecule has 1 aliphatic rings. The van der Waals surface area contributed by atoms with E-state index in [4.69, 9.17) is 0 Å². The monoisotopic (exact) mass is 212 g/mol. The van der Waals surface area contributed by atoms with Gasteiger partial charge in [-0.3, -0.25) is 4.79 Å². The number of allylic oxidation sites excluding steroid dienone is 4. The summed E-state index contributed by atoms with van der Waals surface area (Å²) in [4.78, 5) is 11.7. The second-order valence-corrected chi connectivity index (χ2v) is 4.05. The van der Waals surface area contributed by atoms with Crippen molar-refractivity contribution in [3.8, 4) is 0 Å². The third-order valence-corrected chi connectivity index (χ3v) is 2.81. The maximum absolute atomic E-state index is 11.7. The summed E-state index contributed by atoms with van der Waals surface area (Å²) < 4.78 is 0. The predicted octanol–water partition coefficient (Wildman–Crippen LogP) is 4.01. The van der Waals surface area contributed by atoms with E-state index in [1.165, 1.54) is 12.8 Å². The van der Waals surface area contributed by atoms with Crippen molar-refractivity contribution in [3.05, 3.63) is 53.6 Å². The molecule has 0 aliphatic heterocycles. The van der Waals surface area contributed by atoms with Gasteiger partial charge in [-0.2, -0.15) is 0 Å². The fourth-order valence-corrected chi connectivity index (χ4v) is 1.92. The first-order chi connectivity index (χ1) is 7.83. The fourth-order valence-electron chi connectivity index (χ4n) is 1.92. The molecule has 1 aliphatic carbocycles. The number of carbonyl (C=O) groups is 1. The first-order valence-electron chi connectivity index (χ1n) is 5.85. The number of hydrogen-bond acceptors (Lipinski definition) is 1. The third-order valence-electron chi connectivity index (χ3n) is 2.81. The van der Waals surface area contributed by atoms with E-state index in [0.717, 1.165) is 23.1 Å². The van der Waals surface area contributed by atoms with Crippen LogP contribution in [0.2, 0.25) is 0 Å². The molecule has 1 nitrogen and oxygen atoms in total. The van der Waals surface area contributed by atoms with Crippen molar-refractivity contribution >= 4 is 11.4 Å². The number of benzene rings is 1. The van der Waals surface area contributed by atoms with Gasteiger partial charge in [-0.05, 0) is 23.6 Å². The second kappa shape index (κ2) is 4.93. The highest BCUT2D eigenvalue weighted by Gasteiger charge is 2.17. The molecule has 2 rings (SSSR count). The summed E-state index contributed by atoms with van der Waals surface area (Å²) in [6.45, 7) is 2.18. The fraction of sp³-hybridized carbons (Fsp3) is 0.267. The van der Waals surface area contributed by atoms with Crippen LogP contribution in [-0.4, -0.2) is 5.78 Å². The molecular formula is C15H16O. The van der Waals surface area contributed by atoms with Gasteiger partial charge in [0.2, 0.25) is 0 Å². The SMILES string of the molecule is CCCC/C=C/C1=CC(=O)c2ccccc21. The molecule has 0 radical (unpaired) electrons. The number of hydrogen-bond donors (Lipinski definition) is 0. The van der Waals surface area contributed by atoms with Gasteiger partial charge in [0, 0.05) is 5.56 Å². The summed E-state index contributed by atoms with van der Waals surface area (Å²) in [6, 6.07) is 7.79. The van der Waals surface area contributed by atoms with Crippen LogP contribution < -0.4 is 0 Å². The highest BCUT2D eigenvalue weighted by molar-refractivity contribution is 6.17. The first kappa shape index (κ1) is 10.9. The summed E-state index contributed by atoms with van der Waals surface area (Å²) in [5.41, 5.74) is 2.95. The zero-order valence-electron chi connectivity index (χ0n) is 9.57. The van der Waals surface area contributed by atoms with Gasteiger partial charge in [0.15, 0.2) is 5.78 Å². The molecule has 16 heavy (non-hydrogen) atoms. The van der Waals surface area contributed by atoms with Gasteiger partial charge in [-0.15, -0.1) is 0 Å². The molecule has 1 aromatic rings. The smallest absolute Gasteiger partial charge is 0.187 e. The molecule has 0 amide bonds. The van der Waals surface area contributed by atoms with Crippen LogP contribution in [0.5, 0.6) is 0 Å². The molecule has 1 heteroatoms. The van der Waals surface area contributed by atoms with E-state index in [1.54, 1.807) is 6.08 Å². The van der Waals surface area contributed by atoms with Gasteiger partial charge in [-0.1, -0.05) is 56.2 Å². The number of rotatable bonds is 4. The number of ketones is 1. The lowest BCUT2D eigenvalue weighted by molar-refractivity contribution is 0.105. The van der Waals surface area contributed by atoms with Crippen LogP contribution in [0.1, 0.15) is 42.1 Å². The number of unbranched alkanes of at least 4 members (excludes halogenated alkanes) is 2. The zero-order chi connectivity index (χ0) is 11.4. The van der Waals surface area contributed by atoms with E-state index in [-0.39, 0.29) is 5.78 Å². The van der Waals surface area contributed by atoms with Crippen LogP contribution in [0.4, 0.5) is 0 Å². The van der Waals surface area contributed by atoms with Crippen molar-refractivity contribution in [2.75, 3.05) is 0 Å². The van der Waals surface area contributed by atoms with Crippen LogP contribution in [0.15, 0.2) is 42.5 Å². The minimum absolute atomic E-state index is 0.130. The maximum atomic E-state index is 11.7. The summed E-state index contributed by atoms with van der Waals surface area (Å²) in [6.07, 6.45) is 9.46. The Kier molecular flexibility index (Phi) is 3.35. The highest BCUT2D eigenvalue weighted by Crippen LogP contribution is 2.28. The van der Waals surface area contributed by atoms with E-state index in [0.29, 0.717) is 0 Å². The highest BCUT2D eigenvalue weighted by atomic mass is 16.1. The second-order valence-electron chi connectivity index (χ2n) is 4.05. The van der Waals surface area contributed by atoms with Gasteiger partial charge < -0.3 is 0 Å². The van der Waals surface area contributed by atoms with Crippen molar-refractivity contribution in [2.45, 2.75) is 26.2 Å². The quantitative estimate of drug-likeness (QED) is 0.689. The molecule has 0 spiro atoms. The van der Waals surface area contributed by atoms with Gasteiger partial charge >= 0.3 is 0 Å². The molecule has 0 saturated carbocycles. The average Bonchev–Trinajstić information content (AvgIpc) is 2.63. The van der Waals surface area contributed by atoms with Crippen LogP contribution in [0, 0.1) is 0 Å². The molecule has 0 aromatic heterocycles. The lowest BCUT2D eigenvalue weighted by Crippen LogP contribution is -1.89. The van der Waals surface area contributed by atoms with Gasteiger partial charge in [0.1, 0.15) is 0 Å². The van der Waals surface area contributed by atoms with Crippen molar-refractivity contribution in [1.82, 2.24) is 0 Å². The molecule has 0 heterocycles. The van der Waals surface area contributed by atoms with E-state index >= 15 is 0 Å². The minimum atomic E-state index is 0.130. The lowest BCUT2D eigenvalue weighted by Gasteiger charge is -1.98. The summed E-state index contributed by atoms with van der Waals surface area (Å²) in [5.74, 6) is 0.130. The summed E-state index contributed by atoms with van der Waals surface area (Å²) in [5, 5.41) is 0. The Labute approximate surface area is 96.5 Å².